The van der Waals surface area contributed by atoms with Gasteiger partial charge in [0.05, 0.1) is 5.56 Å². The highest BCUT2D eigenvalue weighted by Gasteiger charge is 2.21. The molecule has 1 aromatic heterocycles. The fourth-order valence-corrected chi connectivity index (χ4v) is 4.88. The van der Waals surface area contributed by atoms with Crippen LogP contribution < -0.4 is 10.1 Å². The molecule has 0 radical (unpaired) electrons. The van der Waals surface area contributed by atoms with E-state index >= 15 is 0 Å². The second-order valence-electron chi connectivity index (χ2n) is 8.88. The first kappa shape index (κ1) is 22.4. The summed E-state index contributed by atoms with van der Waals surface area (Å²) in [6.07, 6.45) is 5.54. The van der Waals surface area contributed by atoms with Crippen LogP contribution in [0.1, 0.15) is 46.4 Å². The Hall–Kier alpha value is -3.44. The zero-order valence-corrected chi connectivity index (χ0v) is 19.2. The van der Waals surface area contributed by atoms with E-state index in [9.17, 15) is 9.18 Å². The Kier molecular flexibility index (Phi) is 6.72. The van der Waals surface area contributed by atoms with Crippen molar-refractivity contribution in [3.8, 4) is 5.75 Å². The van der Waals surface area contributed by atoms with Crippen LogP contribution in [0.15, 0.2) is 72.8 Å². The van der Waals surface area contributed by atoms with E-state index in [4.69, 9.17) is 4.74 Å². The molecule has 0 aliphatic heterocycles. The number of halogens is 1. The van der Waals surface area contributed by atoms with Crippen LogP contribution in [0, 0.1) is 5.82 Å². The fourth-order valence-electron chi connectivity index (χ4n) is 4.88. The number of carbonyl (C=O) groups is 1. The summed E-state index contributed by atoms with van der Waals surface area (Å²) in [5.74, 6) is -0.436. The zero-order chi connectivity index (χ0) is 23.3. The monoisotopic (exact) mass is 456 g/mol. The predicted octanol–water partition coefficient (Wildman–Crippen LogP) is 6.06. The molecular weight excluding hydrogens is 427 g/mol. The quantitative estimate of drug-likeness (QED) is 0.199. The smallest absolute Gasteiger partial charge is 0.343 e. The minimum absolute atomic E-state index is 0.342. The van der Waals surface area contributed by atoms with Crippen molar-refractivity contribution in [1.82, 2.24) is 9.88 Å². The summed E-state index contributed by atoms with van der Waals surface area (Å²) in [4.78, 5) is 12.7. The summed E-state index contributed by atoms with van der Waals surface area (Å²) in [7, 11) is 0. The van der Waals surface area contributed by atoms with Crippen LogP contribution in [0.3, 0.4) is 0 Å². The standard InChI is InChI=1S/C29H29FN2O2/c30-23-12-14-24(15-13-23)34-29(33)22-11-16-28-26(19-22)25-9-4-5-10-27(25)32(28)18-6-17-31-20-21-7-2-1-3-8-21/h1-3,7-8,11-16,19,31H,4-6,9-10,17-18,20H2. The largest absolute Gasteiger partial charge is 0.423 e. The summed E-state index contributed by atoms with van der Waals surface area (Å²) in [6.45, 7) is 2.78. The van der Waals surface area contributed by atoms with Gasteiger partial charge in [0, 0.05) is 29.7 Å². The lowest BCUT2D eigenvalue weighted by Crippen LogP contribution is -2.17. The molecule has 5 rings (SSSR count). The van der Waals surface area contributed by atoms with Crippen molar-refractivity contribution >= 4 is 16.9 Å². The Morgan fingerprint density at radius 3 is 2.59 bits per heavy atom. The number of benzene rings is 3. The van der Waals surface area contributed by atoms with Crippen LogP contribution in [-0.2, 0) is 25.9 Å². The van der Waals surface area contributed by atoms with E-state index in [1.54, 1.807) is 0 Å². The van der Waals surface area contributed by atoms with Gasteiger partial charge >= 0.3 is 5.97 Å². The number of carbonyl (C=O) groups excluding carboxylic acids is 1. The molecule has 0 atom stereocenters. The molecule has 174 valence electrons. The van der Waals surface area contributed by atoms with Gasteiger partial charge in [-0.25, -0.2) is 9.18 Å². The van der Waals surface area contributed by atoms with Gasteiger partial charge in [0.15, 0.2) is 0 Å². The topological polar surface area (TPSA) is 43.3 Å². The van der Waals surface area contributed by atoms with E-state index in [0.717, 1.165) is 44.3 Å². The molecule has 1 aliphatic carbocycles. The molecule has 0 unspecified atom stereocenters. The molecular formula is C29H29FN2O2. The third kappa shape index (κ3) is 4.90. The summed E-state index contributed by atoms with van der Waals surface area (Å²) < 4.78 is 21.1. The van der Waals surface area contributed by atoms with E-state index < -0.39 is 5.97 Å². The third-order valence-electron chi connectivity index (χ3n) is 6.54. The number of nitrogens with one attached hydrogen (secondary N) is 1. The van der Waals surface area contributed by atoms with Crippen LogP contribution in [-0.4, -0.2) is 17.1 Å². The van der Waals surface area contributed by atoms with Gasteiger partial charge in [-0.1, -0.05) is 30.3 Å². The number of rotatable bonds is 8. The summed E-state index contributed by atoms with van der Waals surface area (Å²) in [5, 5.41) is 4.70. The van der Waals surface area contributed by atoms with Crippen molar-refractivity contribution in [3.05, 3.63) is 101 Å². The lowest BCUT2D eigenvalue weighted by molar-refractivity contribution is 0.0734. The maximum absolute atomic E-state index is 13.1. The molecule has 1 aliphatic rings. The van der Waals surface area contributed by atoms with E-state index in [1.807, 2.05) is 24.3 Å². The molecule has 5 heteroatoms. The highest BCUT2D eigenvalue weighted by molar-refractivity contribution is 5.97. The third-order valence-corrected chi connectivity index (χ3v) is 6.54. The lowest BCUT2D eigenvalue weighted by atomic mass is 9.95. The van der Waals surface area contributed by atoms with Crippen molar-refractivity contribution in [3.63, 3.8) is 0 Å². The first-order chi connectivity index (χ1) is 16.7. The molecule has 0 saturated carbocycles. The van der Waals surface area contributed by atoms with Crippen LogP contribution >= 0.6 is 0 Å². The van der Waals surface area contributed by atoms with Crippen molar-refractivity contribution in [1.29, 1.82) is 0 Å². The Bertz CT molecular complexity index is 1280. The molecule has 0 saturated heterocycles. The van der Waals surface area contributed by atoms with E-state index in [-0.39, 0.29) is 5.82 Å². The SMILES string of the molecule is O=C(Oc1ccc(F)cc1)c1ccc2c(c1)c1c(n2CCCNCc2ccccc2)CCCC1. The predicted molar refractivity (Wildman–Crippen MR) is 133 cm³/mol. The molecule has 0 spiro atoms. The minimum atomic E-state index is -0.420. The number of esters is 1. The van der Waals surface area contributed by atoms with Crippen molar-refractivity contribution in [2.45, 2.75) is 45.2 Å². The Morgan fingerprint density at radius 2 is 1.76 bits per heavy atom. The average molecular weight is 457 g/mol. The number of aryl methyl sites for hydroxylation is 2. The average Bonchev–Trinajstić information content (AvgIpc) is 3.19. The van der Waals surface area contributed by atoms with Gasteiger partial charge in [0.1, 0.15) is 11.6 Å². The van der Waals surface area contributed by atoms with Crippen LogP contribution in [0.2, 0.25) is 0 Å². The number of fused-ring (bicyclic) bond motifs is 3. The molecule has 4 nitrogen and oxygen atoms in total. The van der Waals surface area contributed by atoms with Gasteiger partial charge in [-0.2, -0.15) is 0 Å². The van der Waals surface area contributed by atoms with Crippen LogP contribution in [0.5, 0.6) is 5.75 Å². The maximum Gasteiger partial charge on any atom is 0.343 e. The Balaban J connectivity index is 1.31. The first-order valence-corrected chi connectivity index (χ1v) is 12.1. The van der Waals surface area contributed by atoms with Crippen molar-refractivity contribution in [2.24, 2.45) is 0 Å². The number of ether oxygens (including phenoxy) is 1. The number of hydrogen-bond acceptors (Lipinski definition) is 3. The van der Waals surface area contributed by atoms with E-state index in [2.05, 4.69) is 34.1 Å². The van der Waals surface area contributed by atoms with Gasteiger partial charge in [-0.15, -0.1) is 0 Å². The molecule has 0 fully saturated rings. The second-order valence-corrected chi connectivity index (χ2v) is 8.88. The highest BCUT2D eigenvalue weighted by Crippen LogP contribution is 2.33. The normalized spacial score (nSPS) is 13.1. The number of nitrogens with zero attached hydrogens (tertiary/aromatic N) is 1. The molecule has 3 aromatic carbocycles. The van der Waals surface area contributed by atoms with Gasteiger partial charge in [-0.3, -0.25) is 0 Å². The van der Waals surface area contributed by atoms with Crippen LogP contribution in [0.4, 0.5) is 4.39 Å². The van der Waals surface area contributed by atoms with Crippen molar-refractivity contribution in [2.75, 3.05) is 6.54 Å². The zero-order valence-electron chi connectivity index (χ0n) is 19.2. The second kappa shape index (κ2) is 10.2. The van der Waals surface area contributed by atoms with E-state index in [0.29, 0.717) is 11.3 Å². The van der Waals surface area contributed by atoms with Crippen LogP contribution in [0.25, 0.3) is 10.9 Å². The van der Waals surface area contributed by atoms with Gasteiger partial charge in [0.2, 0.25) is 0 Å². The summed E-state index contributed by atoms with van der Waals surface area (Å²) >= 11 is 0. The molecule has 4 aromatic rings. The van der Waals surface area contributed by atoms with Gasteiger partial charge < -0.3 is 14.6 Å². The number of aromatic nitrogens is 1. The summed E-state index contributed by atoms with van der Waals surface area (Å²) in [6, 6.07) is 21.8. The summed E-state index contributed by atoms with van der Waals surface area (Å²) in [5.41, 5.74) is 5.79. The molecule has 1 N–H and O–H groups in total. The Morgan fingerprint density at radius 1 is 0.971 bits per heavy atom. The fraction of sp³-hybridized carbons (Fsp3) is 0.276. The van der Waals surface area contributed by atoms with Crippen molar-refractivity contribution < 1.29 is 13.9 Å². The molecule has 0 amide bonds. The first-order valence-electron chi connectivity index (χ1n) is 12.1. The van der Waals surface area contributed by atoms with E-state index in [1.165, 1.54) is 59.4 Å². The lowest BCUT2D eigenvalue weighted by Gasteiger charge is -2.16. The number of hydrogen-bond donors (Lipinski definition) is 1. The molecule has 34 heavy (non-hydrogen) atoms. The maximum atomic E-state index is 13.1. The minimum Gasteiger partial charge on any atom is -0.423 e. The van der Waals surface area contributed by atoms with Gasteiger partial charge in [0.25, 0.3) is 0 Å². The highest BCUT2D eigenvalue weighted by atomic mass is 19.1. The molecule has 1 heterocycles. The van der Waals surface area contributed by atoms with Gasteiger partial charge in [-0.05, 0) is 92.2 Å². The Labute approximate surface area is 199 Å². The molecule has 0 bridgehead atoms.